The first-order valence-corrected chi connectivity index (χ1v) is 10.8. The molecule has 0 amide bonds. The molecule has 2 aromatic rings. The number of aryl methyl sites for hydroxylation is 1. The summed E-state index contributed by atoms with van der Waals surface area (Å²) in [4.78, 5) is 6.39. The molecule has 2 aromatic heterocycles. The van der Waals surface area contributed by atoms with Crippen molar-refractivity contribution in [2.24, 2.45) is 4.99 Å². The SMILES string of the molecule is CCc1nncn1CCNC(=NC)N1CCN(S(=O)(=O)Cc2ccon2)CC1.I. The van der Waals surface area contributed by atoms with Crippen molar-refractivity contribution < 1.29 is 12.9 Å². The number of hydrogen-bond donors (Lipinski definition) is 1. The van der Waals surface area contributed by atoms with Crippen LogP contribution in [0, 0.1) is 0 Å². The third kappa shape index (κ3) is 6.12. The topological polar surface area (TPSA) is 122 Å². The summed E-state index contributed by atoms with van der Waals surface area (Å²) in [6, 6.07) is 1.57. The van der Waals surface area contributed by atoms with E-state index in [4.69, 9.17) is 4.52 Å². The Kier molecular flexibility index (Phi) is 8.82. The lowest BCUT2D eigenvalue weighted by Gasteiger charge is -2.35. The van der Waals surface area contributed by atoms with Gasteiger partial charge in [-0.1, -0.05) is 12.1 Å². The monoisotopic (exact) mass is 538 g/mol. The van der Waals surface area contributed by atoms with E-state index in [0.29, 0.717) is 38.4 Å². The smallest absolute Gasteiger partial charge is 0.220 e. The third-order valence-electron chi connectivity index (χ3n) is 4.61. The highest BCUT2D eigenvalue weighted by atomic mass is 127. The molecule has 0 aromatic carbocycles. The second-order valence-electron chi connectivity index (χ2n) is 6.40. The van der Waals surface area contributed by atoms with Crippen LogP contribution in [0.1, 0.15) is 18.4 Å². The van der Waals surface area contributed by atoms with Crippen LogP contribution >= 0.6 is 24.0 Å². The van der Waals surface area contributed by atoms with Crippen LogP contribution in [0.25, 0.3) is 0 Å². The van der Waals surface area contributed by atoms with E-state index in [-0.39, 0.29) is 29.7 Å². The molecule has 0 bridgehead atoms. The molecule has 1 saturated heterocycles. The molecule has 0 saturated carbocycles. The number of nitrogens with zero attached hydrogens (tertiary/aromatic N) is 7. The zero-order valence-corrected chi connectivity index (χ0v) is 19.7. The van der Waals surface area contributed by atoms with Gasteiger partial charge in [0.15, 0.2) is 5.96 Å². The molecule has 0 radical (unpaired) electrons. The Bertz CT molecular complexity index is 876. The number of hydrogen-bond acceptors (Lipinski definition) is 7. The van der Waals surface area contributed by atoms with E-state index in [1.165, 1.54) is 10.6 Å². The molecule has 0 aliphatic carbocycles. The first kappa shape index (κ1) is 23.5. The number of piperazine rings is 1. The average Bonchev–Trinajstić information content (AvgIpc) is 3.36. The van der Waals surface area contributed by atoms with E-state index in [1.54, 1.807) is 19.4 Å². The fourth-order valence-electron chi connectivity index (χ4n) is 3.13. The molecule has 3 heterocycles. The van der Waals surface area contributed by atoms with E-state index >= 15 is 0 Å². The first-order valence-electron chi connectivity index (χ1n) is 9.23. The molecule has 11 nitrogen and oxygen atoms in total. The maximum atomic E-state index is 12.5. The molecule has 13 heteroatoms. The number of sulfonamides is 1. The summed E-state index contributed by atoms with van der Waals surface area (Å²) in [6.45, 7) is 5.43. The van der Waals surface area contributed by atoms with Crippen LogP contribution in [-0.2, 0) is 28.7 Å². The number of halogens is 1. The Labute approximate surface area is 187 Å². The minimum Gasteiger partial charge on any atom is -0.364 e. The third-order valence-corrected chi connectivity index (χ3v) is 6.43. The summed E-state index contributed by atoms with van der Waals surface area (Å²) in [5, 5.41) is 15.0. The van der Waals surface area contributed by atoms with Crippen LogP contribution < -0.4 is 5.32 Å². The summed E-state index contributed by atoms with van der Waals surface area (Å²) < 4.78 is 33.3. The van der Waals surface area contributed by atoms with Crippen molar-refractivity contribution in [1.82, 2.24) is 34.4 Å². The van der Waals surface area contributed by atoms with E-state index < -0.39 is 10.0 Å². The van der Waals surface area contributed by atoms with E-state index in [1.807, 2.05) is 11.5 Å². The molecular formula is C16H27IN8O3S. The summed E-state index contributed by atoms with van der Waals surface area (Å²) >= 11 is 0. The maximum Gasteiger partial charge on any atom is 0.220 e. The molecule has 162 valence electrons. The summed E-state index contributed by atoms with van der Waals surface area (Å²) in [6.07, 6.45) is 3.93. The lowest BCUT2D eigenvalue weighted by Crippen LogP contribution is -2.54. The van der Waals surface area contributed by atoms with Crippen LogP contribution in [0.2, 0.25) is 0 Å². The fraction of sp³-hybridized carbons (Fsp3) is 0.625. The van der Waals surface area contributed by atoms with Gasteiger partial charge in [-0.05, 0) is 0 Å². The molecule has 1 aliphatic heterocycles. The quantitative estimate of drug-likeness (QED) is 0.301. The zero-order valence-electron chi connectivity index (χ0n) is 16.6. The van der Waals surface area contributed by atoms with Gasteiger partial charge in [-0.2, -0.15) is 4.31 Å². The number of aliphatic imine (C=N–C) groups is 1. The van der Waals surface area contributed by atoms with Gasteiger partial charge in [-0.25, -0.2) is 8.42 Å². The van der Waals surface area contributed by atoms with Crippen molar-refractivity contribution in [3.05, 3.63) is 30.2 Å². The molecule has 0 unspecified atom stereocenters. The molecule has 1 fully saturated rings. The van der Waals surface area contributed by atoms with Gasteiger partial charge < -0.3 is 19.3 Å². The predicted octanol–water partition coefficient (Wildman–Crippen LogP) is 0.170. The van der Waals surface area contributed by atoms with Gasteiger partial charge in [-0.15, -0.1) is 34.2 Å². The second kappa shape index (κ2) is 10.9. The highest BCUT2D eigenvalue weighted by molar-refractivity contribution is 14.0. The van der Waals surface area contributed by atoms with Crippen molar-refractivity contribution in [3.63, 3.8) is 0 Å². The average molecular weight is 538 g/mol. The standard InChI is InChI=1S/C16H26N8O3S.HI/c1-3-15-20-19-13-23(15)6-5-18-16(17-2)22-7-9-24(10-8-22)28(25,26)12-14-4-11-27-21-14;/h4,11,13H,3,5-10,12H2,1-2H3,(H,17,18);1H. The van der Waals surface area contributed by atoms with Crippen LogP contribution in [0.15, 0.2) is 28.2 Å². The van der Waals surface area contributed by atoms with Crippen LogP contribution in [0.4, 0.5) is 0 Å². The summed E-state index contributed by atoms with van der Waals surface area (Å²) in [5.41, 5.74) is 0.417. The van der Waals surface area contributed by atoms with Crippen molar-refractivity contribution in [2.45, 2.75) is 25.6 Å². The molecule has 1 aliphatic rings. The minimum absolute atomic E-state index is 0. The van der Waals surface area contributed by atoms with E-state index in [0.717, 1.165) is 24.7 Å². The fourth-order valence-corrected chi connectivity index (χ4v) is 4.55. The number of nitrogens with one attached hydrogen (secondary N) is 1. The van der Waals surface area contributed by atoms with Crippen molar-refractivity contribution in [1.29, 1.82) is 0 Å². The first-order chi connectivity index (χ1) is 13.5. The highest BCUT2D eigenvalue weighted by Gasteiger charge is 2.28. The Hall–Kier alpha value is -1.74. The van der Waals surface area contributed by atoms with Gasteiger partial charge in [0, 0.05) is 58.8 Å². The van der Waals surface area contributed by atoms with Crippen LogP contribution in [-0.4, -0.2) is 83.3 Å². The van der Waals surface area contributed by atoms with Gasteiger partial charge in [0.05, 0.1) is 5.69 Å². The number of guanidine groups is 1. The lowest BCUT2D eigenvalue weighted by molar-refractivity contribution is 0.259. The van der Waals surface area contributed by atoms with Crippen molar-refractivity contribution in [2.75, 3.05) is 39.8 Å². The largest absolute Gasteiger partial charge is 0.364 e. The maximum absolute atomic E-state index is 12.5. The predicted molar refractivity (Wildman–Crippen MR) is 118 cm³/mol. The van der Waals surface area contributed by atoms with E-state index in [9.17, 15) is 8.42 Å². The van der Waals surface area contributed by atoms with Crippen molar-refractivity contribution >= 4 is 40.0 Å². The van der Waals surface area contributed by atoms with Gasteiger partial charge in [0.2, 0.25) is 10.0 Å². The zero-order chi connectivity index (χ0) is 20.0. The number of rotatable bonds is 7. The Morgan fingerprint density at radius 1 is 1.31 bits per heavy atom. The van der Waals surface area contributed by atoms with Gasteiger partial charge in [0.1, 0.15) is 24.2 Å². The second-order valence-corrected chi connectivity index (χ2v) is 8.37. The van der Waals surface area contributed by atoms with E-state index in [2.05, 4.69) is 30.6 Å². The molecule has 29 heavy (non-hydrogen) atoms. The van der Waals surface area contributed by atoms with Crippen LogP contribution in [0.3, 0.4) is 0 Å². The molecule has 0 atom stereocenters. The summed E-state index contributed by atoms with van der Waals surface area (Å²) in [5.74, 6) is 1.57. The van der Waals surface area contributed by atoms with Crippen LogP contribution in [0.5, 0.6) is 0 Å². The normalized spacial score (nSPS) is 15.9. The highest BCUT2D eigenvalue weighted by Crippen LogP contribution is 2.12. The lowest BCUT2D eigenvalue weighted by atomic mass is 10.4. The molecule has 0 spiro atoms. The van der Waals surface area contributed by atoms with Gasteiger partial charge in [-0.3, -0.25) is 4.99 Å². The molecule has 3 rings (SSSR count). The Morgan fingerprint density at radius 3 is 2.69 bits per heavy atom. The number of aromatic nitrogens is 4. The Morgan fingerprint density at radius 2 is 2.07 bits per heavy atom. The molecule has 1 N–H and O–H groups in total. The summed E-state index contributed by atoms with van der Waals surface area (Å²) in [7, 11) is -1.68. The Balaban J connectivity index is 0.00000300. The molecular weight excluding hydrogens is 511 g/mol. The minimum atomic E-state index is -3.41. The van der Waals surface area contributed by atoms with Gasteiger partial charge in [0.25, 0.3) is 0 Å². The van der Waals surface area contributed by atoms with Crippen molar-refractivity contribution in [3.8, 4) is 0 Å². The van der Waals surface area contributed by atoms with Gasteiger partial charge >= 0.3 is 0 Å².